The SMILES string of the molecule is CC(=NCCN=C(C)c1c(O)coc1O)c1c(O)coc1O. The molecule has 0 aliphatic heterocycles. The smallest absolute Gasteiger partial charge is 0.295 e. The summed E-state index contributed by atoms with van der Waals surface area (Å²) in [5, 5.41) is 37.9. The van der Waals surface area contributed by atoms with Crippen molar-refractivity contribution in [3.05, 3.63) is 23.7 Å². The normalized spacial score (nSPS) is 12.8. The van der Waals surface area contributed by atoms with Crippen molar-refractivity contribution in [2.45, 2.75) is 13.8 Å². The fourth-order valence-corrected chi connectivity index (χ4v) is 1.95. The number of hydrogen-bond donors (Lipinski definition) is 4. The maximum Gasteiger partial charge on any atom is 0.295 e. The Bertz CT molecular complexity index is 625. The van der Waals surface area contributed by atoms with E-state index in [1.165, 1.54) is 0 Å². The number of hydrogen-bond acceptors (Lipinski definition) is 8. The minimum Gasteiger partial charge on any atom is -0.504 e. The Kier molecular flexibility index (Phi) is 4.40. The fourth-order valence-electron chi connectivity index (χ4n) is 1.95. The summed E-state index contributed by atoms with van der Waals surface area (Å²) < 4.78 is 9.33. The molecular weight excluding hydrogens is 292 g/mol. The molecule has 0 aromatic carbocycles. The zero-order valence-corrected chi connectivity index (χ0v) is 12.1. The molecule has 0 bridgehead atoms. The van der Waals surface area contributed by atoms with Gasteiger partial charge in [0.25, 0.3) is 11.9 Å². The summed E-state index contributed by atoms with van der Waals surface area (Å²) in [5.74, 6) is -1.17. The van der Waals surface area contributed by atoms with E-state index in [2.05, 4.69) is 18.8 Å². The van der Waals surface area contributed by atoms with E-state index in [1.807, 2.05) is 0 Å². The molecule has 2 heterocycles. The summed E-state index contributed by atoms with van der Waals surface area (Å²) in [7, 11) is 0. The molecule has 0 unspecified atom stereocenters. The van der Waals surface area contributed by atoms with Crippen LogP contribution in [0.1, 0.15) is 25.0 Å². The van der Waals surface area contributed by atoms with Gasteiger partial charge in [-0.3, -0.25) is 9.98 Å². The minimum atomic E-state index is -0.397. The highest BCUT2D eigenvalue weighted by atomic mass is 16.5. The van der Waals surface area contributed by atoms with Gasteiger partial charge in [0.2, 0.25) is 0 Å². The Balaban J connectivity index is 2.02. The summed E-state index contributed by atoms with van der Waals surface area (Å²) in [6, 6.07) is 0. The van der Waals surface area contributed by atoms with Gasteiger partial charge in [-0.25, -0.2) is 0 Å². The van der Waals surface area contributed by atoms with Crippen LogP contribution in [0.25, 0.3) is 0 Å². The van der Waals surface area contributed by atoms with Crippen LogP contribution in [0.4, 0.5) is 0 Å². The van der Waals surface area contributed by atoms with Crippen molar-refractivity contribution in [3.63, 3.8) is 0 Å². The summed E-state index contributed by atoms with van der Waals surface area (Å²) in [6.07, 6.45) is 2.05. The van der Waals surface area contributed by atoms with E-state index in [4.69, 9.17) is 0 Å². The van der Waals surface area contributed by atoms with Gasteiger partial charge >= 0.3 is 0 Å². The van der Waals surface area contributed by atoms with Crippen LogP contribution < -0.4 is 0 Å². The highest BCUT2D eigenvalue weighted by molar-refractivity contribution is 6.03. The molecule has 22 heavy (non-hydrogen) atoms. The average molecular weight is 308 g/mol. The van der Waals surface area contributed by atoms with Crippen molar-refractivity contribution >= 4 is 11.4 Å². The molecule has 4 N–H and O–H groups in total. The molecule has 8 heteroatoms. The van der Waals surface area contributed by atoms with Gasteiger partial charge in [0.15, 0.2) is 11.5 Å². The Hall–Kier alpha value is -2.90. The maximum absolute atomic E-state index is 9.50. The Labute approximate surface area is 125 Å². The molecule has 8 nitrogen and oxygen atoms in total. The fraction of sp³-hybridized carbons (Fsp3) is 0.286. The predicted molar refractivity (Wildman–Crippen MR) is 78.2 cm³/mol. The molecule has 0 saturated carbocycles. The molecule has 0 atom stereocenters. The van der Waals surface area contributed by atoms with Crippen LogP contribution in [0, 0.1) is 0 Å². The van der Waals surface area contributed by atoms with E-state index >= 15 is 0 Å². The number of rotatable bonds is 5. The third-order valence-electron chi connectivity index (χ3n) is 3.03. The first kappa shape index (κ1) is 15.5. The van der Waals surface area contributed by atoms with Crippen LogP contribution in [-0.4, -0.2) is 44.9 Å². The number of furan rings is 2. The molecule has 0 aliphatic rings. The van der Waals surface area contributed by atoms with Gasteiger partial charge in [0, 0.05) is 0 Å². The molecule has 0 spiro atoms. The van der Waals surface area contributed by atoms with E-state index < -0.39 is 11.9 Å². The Morgan fingerprint density at radius 3 is 1.45 bits per heavy atom. The highest BCUT2D eigenvalue weighted by Crippen LogP contribution is 2.30. The largest absolute Gasteiger partial charge is 0.504 e. The second kappa shape index (κ2) is 6.25. The molecule has 2 rings (SSSR count). The molecule has 0 amide bonds. The standard InChI is InChI=1S/C14H16N2O6/c1-7(11-9(17)5-21-13(11)19)15-3-4-16-8(2)12-10(18)6-22-14(12)20/h5-6,17-20H,3-4H2,1-2H3. The van der Waals surface area contributed by atoms with Gasteiger partial charge in [-0.05, 0) is 13.8 Å². The summed E-state index contributed by atoms with van der Waals surface area (Å²) >= 11 is 0. The predicted octanol–water partition coefficient (Wildman–Crippen LogP) is 2.01. The average Bonchev–Trinajstić information content (AvgIpc) is 2.97. The van der Waals surface area contributed by atoms with E-state index in [9.17, 15) is 20.4 Å². The van der Waals surface area contributed by atoms with Gasteiger partial charge < -0.3 is 29.3 Å². The molecule has 0 aliphatic carbocycles. The number of aliphatic imine (C=N–C) groups is 2. The Morgan fingerprint density at radius 1 is 0.818 bits per heavy atom. The van der Waals surface area contributed by atoms with Crippen molar-refractivity contribution < 1.29 is 29.3 Å². The molecule has 118 valence electrons. The first-order valence-electron chi connectivity index (χ1n) is 6.43. The lowest BCUT2D eigenvalue weighted by atomic mass is 10.2. The second-order valence-corrected chi connectivity index (χ2v) is 4.54. The third-order valence-corrected chi connectivity index (χ3v) is 3.03. The quantitative estimate of drug-likeness (QED) is 0.493. The van der Waals surface area contributed by atoms with Gasteiger partial charge in [-0.15, -0.1) is 0 Å². The maximum atomic E-state index is 9.50. The van der Waals surface area contributed by atoms with Crippen LogP contribution >= 0.6 is 0 Å². The van der Waals surface area contributed by atoms with Crippen molar-refractivity contribution in [3.8, 4) is 23.4 Å². The lowest BCUT2D eigenvalue weighted by Gasteiger charge is -2.00. The van der Waals surface area contributed by atoms with E-state index in [-0.39, 0.29) is 35.7 Å². The summed E-state index contributed by atoms with van der Waals surface area (Å²) in [5.41, 5.74) is 1.10. The first-order chi connectivity index (χ1) is 10.4. The third kappa shape index (κ3) is 3.05. The van der Waals surface area contributed by atoms with E-state index in [0.717, 1.165) is 12.5 Å². The molecule has 2 aromatic rings. The molecule has 2 aromatic heterocycles. The molecule has 0 fully saturated rings. The highest BCUT2D eigenvalue weighted by Gasteiger charge is 2.16. The minimum absolute atomic E-state index is 0.144. The second-order valence-electron chi connectivity index (χ2n) is 4.54. The zero-order valence-electron chi connectivity index (χ0n) is 12.1. The first-order valence-corrected chi connectivity index (χ1v) is 6.43. The zero-order chi connectivity index (χ0) is 16.3. The van der Waals surface area contributed by atoms with Crippen molar-refractivity contribution in [2.75, 3.05) is 13.1 Å². The number of nitrogens with zero attached hydrogens (tertiary/aromatic N) is 2. The topological polar surface area (TPSA) is 132 Å². The van der Waals surface area contributed by atoms with Gasteiger partial charge in [-0.2, -0.15) is 0 Å². The lowest BCUT2D eigenvalue weighted by Crippen LogP contribution is -2.00. The van der Waals surface area contributed by atoms with Gasteiger partial charge in [0.1, 0.15) is 23.7 Å². The van der Waals surface area contributed by atoms with E-state index in [0.29, 0.717) is 11.4 Å². The van der Waals surface area contributed by atoms with Gasteiger partial charge in [-0.1, -0.05) is 0 Å². The summed E-state index contributed by atoms with van der Waals surface area (Å²) in [4.78, 5) is 8.34. The molecule has 0 saturated heterocycles. The van der Waals surface area contributed by atoms with Crippen LogP contribution in [-0.2, 0) is 0 Å². The Morgan fingerprint density at radius 2 is 1.18 bits per heavy atom. The summed E-state index contributed by atoms with van der Waals surface area (Å²) in [6.45, 7) is 3.81. The van der Waals surface area contributed by atoms with Crippen molar-refractivity contribution in [1.82, 2.24) is 0 Å². The number of aromatic hydroxyl groups is 4. The van der Waals surface area contributed by atoms with Crippen LogP contribution in [0.2, 0.25) is 0 Å². The van der Waals surface area contributed by atoms with Crippen molar-refractivity contribution in [2.24, 2.45) is 9.98 Å². The van der Waals surface area contributed by atoms with E-state index in [1.54, 1.807) is 13.8 Å². The van der Waals surface area contributed by atoms with Gasteiger partial charge in [0.05, 0.1) is 24.5 Å². The molecule has 0 radical (unpaired) electrons. The van der Waals surface area contributed by atoms with Crippen LogP contribution in [0.15, 0.2) is 31.3 Å². The van der Waals surface area contributed by atoms with Crippen molar-refractivity contribution in [1.29, 1.82) is 0 Å². The van der Waals surface area contributed by atoms with Crippen LogP contribution in [0.5, 0.6) is 23.4 Å². The van der Waals surface area contributed by atoms with Crippen LogP contribution in [0.3, 0.4) is 0 Å². The lowest BCUT2D eigenvalue weighted by molar-refractivity contribution is 0.330. The molecular formula is C14H16N2O6. The monoisotopic (exact) mass is 308 g/mol.